The van der Waals surface area contributed by atoms with Gasteiger partial charge in [0.25, 0.3) is 0 Å². The van der Waals surface area contributed by atoms with Crippen molar-refractivity contribution in [1.82, 2.24) is 9.88 Å². The first-order valence-electron chi connectivity index (χ1n) is 8.10. The first-order chi connectivity index (χ1) is 12.2. The fraction of sp³-hybridized carbons (Fsp3) is 0.316. The van der Waals surface area contributed by atoms with Gasteiger partial charge in [0.05, 0.1) is 26.6 Å². The lowest BCUT2D eigenvalue weighted by molar-refractivity contribution is -0.142. The molecule has 132 valence electrons. The SMILES string of the molecule is COC(=O)CCN(Cc1ccncc1)C(=O)CCOc1ccccc1. The van der Waals surface area contributed by atoms with Crippen LogP contribution in [-0.4, -0.2) is 42.0 Å². The number of methoxy groups -OCH3 is 1. The average Bonchev–Trinajstić information content (AvgIpc) is 2.66. The van der Waals surface area contributed by atoms with Crippen molar-refractivity contribution < 1.29 is 19.1 Å². The molecule has 0 bridgehead atoms. The highest BCUT2D eigenvalue weighted by Gasteiger charge is 2.16. The van der Waals surface area contributed by atoms with E-state index in [-0.39, 0.29) is 31.3 Å². The summed E-state index contributed by atoms with van der Waals surface area (Å²) in [6, 6.07) is 13.0. The Morgan fingerprint density at radius 2 is 1.76 bits per heavy atom. The second-order valence-electron chi connectivity index (χ2n) is 5.41. The molecule has 0 saturated carbocycles. The molecule has 0 aliphatic rings. The second-order valence-corrected chi connectivity index (χ2v) is 5.41. The number of nitrogens with zero attached hydrogens (tertiary/aromatic N) is 2. The van der Waals surface area contributed by atoms with Crippen molar-refractivity contribution >= 4 is 11.9 Å². The van der Waals surface area contributed by atoms with Crippen molar-refractivity contribution in [3.8, 4) is 5.75 Å². The van der Waals surface area contributed by atoms with Crippen molar-refractivity contribution in [3.63, 3.8) is 0 Å². The number of carbonyl (C=O) groups is 2. The van der Waals surface area contributed by atoms with Crippen molar-refractivity contribution in [2.45, 2.75) is 19.4 Å². The van der Waals surface area contributed by atoms with Crippen LogP contribution < -0.4 is 4.74 Å². The van der Waals surface area contributed by atoms with Crippen LogP contribution in [-0.2, 0) is 20.9 Å². The maximum atomic E-state index is 12.5. The summed E-state index contributed by atoms with van der Waals surface area (Å²) in [4.78, 5) is 29.5. The van der Waals surface area contributed by atoms with Gasteiger partial charge in [-0.25, -0.2) is 0 Å². The minimum Gasteiger partial charge on any atom is -0.493 e. The second kappa shape index (κ2) is 10.1. The van der Waals surface area contributed by atoms with Crippen LogP contribution in [0, 0.1) is 0 Å². The maximum absolute atomic E-state index is 12.5. The molecule has 0 atom stereocenters. The molecule has 0 spiro atoms. The third kappa shape index (κ3) is 6.63. The highest BCUT2D eigenvalue weighted by molar-refractivity contribution is 5.77. The van der Waals surface area contributed by atoms with Crippen LogP contribution in [0.2, 0.25) is 0 Å². The minimum atomic E-state index is -0.340. The summed E-state index contributed by atoms with van der Waals surface area (Å²) < 4.78 is 10.2. The fourth-order valence-electron chi connectivity index (χ4n) is 2.26. The predicted octanol–water partition coefficient (Wildman–Crippen LogP) is 2.44. The lowest BCUT2D eigenvalue weighted by Gasteiger charge is -2.22. The Labute approximate surface area is 147 Å². The summed E-state index contributed by atoms with van der Waals surface area (Å²) in [6.45, 7) is 1.01. The molecule has 1 aromatic carbocycles. The maximum Gasteiger partial charge on any atom is 0.307 e. The number of carbonyl (C=O) groups excluding carboxylic acids is 2. The van der Waals surface area contributed by atoms with Gasteiger partial charge in [0.2, 0.25) is 5.91 Å². The summed E-state index contributed by atoms with van der Waals surface area (Å²) >= 11 is 0. The Balaban J connectivity index is 1.90. The first-order valence-corrected chi connectivity index (χ1v) is 8.10. The van der Waals surface area contributed by atoms with E-state index in [9.17, 15) is 9.59 Å². The van der Waals surface area contributed by atoms with Gasteiger partial charge in [-0.15, -0.1) is 0 Å². The molecule has 0 saturated heterocycles. The summed E-state index contributed by atoms with van der Waals surface area (Å²) in [5.41, 5.74) is 0.956. The molecule has 1 heterocycles. The first kappa shape index (κ1) is 18.4. The third-order valence-electron chi connectivity index (χ3n) is 3.62. The van der Waals surface area contributed by atoms with E-state index in [1.807, 2.05) is 42.5 Å². The Morgan fingerprint density at radius 3 is 2.44 bits per heavy atom. The normalized spacial score (nSPS) is 10.1. The number of rotatable bonds is 9. The molecule has 1 amide bonds. The summed E-state index contributed by atoms with van der Waals surface area (Å²) in [5, 5.41) is 0. The van der Waals surface area contributed by atoms with Crippen molar-refractivity contribution in [2.24, 2.45) is 0 Å². The van der Waals surface area contributed by atoms with E-state index in [2.05, 4.69) is 9.72 Å². The number of benzene rings is 1. The average molecular weight is 342 g/mol. The van der Waals surface area contributed by atoms with E-state index in [1.54, 1.807) is 17.3 Å². The molecule has 0 unspecified atom stereocenters. The molecule has 0 aliphatic heterocycles. The number of hydrogen-bond donors (Lipinski definition) is 0. The Bertz CT molecular complexity index is 662. The zero-order valence-corrected chi connectivity index (χ0v) is 14.3. The number of amides is 1. The third-order valence-corrected chi connectivity index (χ3v) is 3.62. The molecule has 25 heavy (non-hydrogen) atoms. The van der Waals surface area contributed by atoms with Gasteiger partial charge < -0.3 is 14.4 Å². The van der Waals surface area contributed by atoms with E-state index in [0.717, 1.165) is 11.3 Å². The molecule has 0 fully saturated rings. The van der Waals surface area contributed by atoms with Gasteiger partial charge >= 0.3 is 5.97 Å². The summed E-state index contributed by atoms with van der Waals surface area (Å²) in [5.74, 6) is 0.315. The van der Waals surface area contributed by atoms with Gasteiger partial charge in [-0.2, -0.15) is 0 Å². The van der Waals surface area contributed by atoms with E-state index in [1.165, 1.54) is 7.11 Å². The van der Waals surface area contributed by atoms with Crippen molar-refractivity contribution in [3.05, 3.63) is 60.4 Å². The van der Waals surface area contributed by atoms with Gasteiger partial charge in [0.15, 0.2) is 0 Å². The molecule has 0 radical (unpaired) electrons. The van der Waals surface area contributed by atoms with Crippen LogP contribution in [0.15, 0.2) is 54.9 Å². The van der Waals surface area contributed by atoms with Crippen molar-refractivity contribution in [1.29, 1.82) is 0 Å². The quantitative estimate of drug-likeness (QED) is 0.655. The number of pyridine rings is 1. The minimum absolute atomic E-state index is 0.0725. The molecule has 2 rings (SSSR count). The zero-order valence-electron chi connectivity index (χ0n) is 14.3. The number of para-hydroxylation sites is 1. The van der Waals surface area contributed by atoms with Gasteiger partial charge in [-0.05, 0) is 29.8 Å². The summed E-state index contributed by atoms with van der Waals surface area (Å²) in [6.07, 6.45) is 3.75. The van der Waals surface area contributed by atoms with Gasteiger partial charge in [-0.3, -0.25) is 14.6 Å². The van der Waals surface area contributed by atoms with Gasteiger partial charge in [0.1, 0.15) is 5.75 Å². The topological polar surface area (TPSA) is 68.7 Å². The number of esters is 1. The van der Waals surface area contributed by atoms with Crippen LogP contribution in [0.25, 0.3) is 0 Å². The van der Waals surface area contributed by atoms with Gasteiger partial charge in [-0.1, -0.05) is 18.2 Å². The highest BCUT2D eigenvalue weighted by atomic mass is 16.5. The van der Waals surface area contributed by atoms with E-state index >= 15 is 0 Å². The van der Waals surface area contributed by atoms with Crippen LogP contribution in [0.3, 0.4) is 0 Å². The monoisotopic (exact) mass is 342 g/mol. The van der Waals surface area contributed by atoms with Crippen LogP contribution in [0.5, 0.6) is 5.75 Å². The molecular formula is C19H22N2O4. The Kier molecular flexibility index (Phi) is 7.43. The Hall–Kier alpha value is -2.89. The lowest BCUT2D eigenvalue weighted by Crippen LogP contribution is -2.33. The Morgan fingerprint density at radius 1 is 1.04 bits per heavy atom. The lowest BCUT2D eigenvalue weighted by atomic mass is 10.2. The van der Waals surface area contributed by atoms with Gasteiger partial charge in [0, 0.05) is 25.5 Å². The number of aromatic nitrogens is 1. The van der Waals surface area contributed by atoms with Crippen LogP contribution >= 0.6 is 0 Å². The number of ether oxygens (including phenoxy) is 2. The predicted molar refractivity (Wildman–Crippen MR) is 92.8 cm³/mol. The highest BCUT2D eigenvalue weighted by Crippen LogP contribution is 2.10. The molecule has 6 nitrogen and oxygen atoms in total. The molecular weight excluding hydrogens is 320 g/mol. The van der Waals surface area contributed by atoms with E-state index in [4.69, 9.17) is 4.74 Å². The molecule has 0 aliphatic carbocycles. The van der Waals surface area contributed by atoms with E-state index in [0.29, 0.717) is 13.1 Å². The summed E-state index contributed by atoms with van der Waals surface area (Å²) in [7, 11) is 1.34. The van der Waals surface area contributed by atoms with Crippen LogP contribution in [0.4, 0.5) is 0 Å². The van der Waals surface area contributed by atoms with Crippen molar-refractivity contribution in [2.75, 3.05) is 20.3 Å². The fourth-order valence-corrected chi connectivity index (χ4v) is 2.26. The van der Waals surface area contributed by atoms with Crippen LogP contribution in [0.1, 0.15) is 18.4 Å². The van der Waals surface area contributed by atoms with E-state index < -0.39 is 0 Å². The molecule has 0 N–H and O–H groups in total. The smallest absolute Gasteiger partial charge is 0.307 e. The largest absolute Gasteiger partial charge is 0.493 e. The molecule has 2 aromatic rings. The number of hydrogen-bond acceptors (Lipinski definition) is 5. The molecule has 1 aromatic heterocycles. The molecule has 6 heteroatoms. The standard InChI is InChI=1S/C19H22N2O4/c1-24-19(23)9-13-21(15-16-7-11-20-12-8-16)18(22)10-14-25-17-5-3-2-4-6-17/h2-8,11-12H,9-10,13-15H2,1H3. The zero-order chi connectivity index (χ0) is 17.9.